The normalized spacial score (nSPS) is 20.9. The molecule has 3 rings (SSSR count). The van der Waals surface area contributed by atoms with E-state index in [1.54, 1.807) is 0 Å². The highest BCUT2D eigenvalue weighted by Crippen LogP contribution is 2.17. The molecule has 2 aliphatic heterocycles. The Bertz CT molecular complexity index is 585. The molecule has 0 radical (unpaired) electrons. The lowest BCUT2D eigenvalue weighted by atomic mass is 10.1. The number of piperidine rings is 1. The number of hydrogen-bond acceptors (Lipinski definition) is 3. The molecule has 0 bridgehead atoms. The number of carbonyl (C=O) groups is 2. The van der Waals surface area contributed by atoms with Gasteiger partial charge in [0.2, 0.25) is 5.91 Å². The van der Waals surface area contributed by atoms with Crippen LogP contribution in [0.2, 0.25) is 0 Å². The summed E-state index contributed by atoms with van der Waals surface area (Å²) in [4.78, 5) is 25.8. The van der Waals surface area contributed by atoms with E-state index in [9.17, 15) is 9.59 Å². The molecule has 6 heteroatoms. The average Bonchev–Trinajstić information content (AvgIpc) is 3.09. The summed E-state index contributed by atoms with van der Waals surface area (Å²) in [6.07, 6.45) is 4.89. The number of nitrogens with zero attached hydrogens (tertiary/aromatic N) is 1. The molecule has 2 fully saturated rings. The molecule has 2 heterocycles. The van der Waals surface area contributed by atoms with E-state index < -0.39 is 0 Å². The van der Waals surface area contributed by atoms with Gasteiger partial charge in [-0.1, -0.05) is 12.1 Å². The van der Waals surface area contributed by atoms with Crippen molar-refractivity contribution in [2.45, 2.75) is 44.8 Å². The summed E-state index contributed by atoms with van der Waals surface area (Å²) in [5.74, 6) is 0.217. The van der Waals surface area contributed by atoms with Crippen molar-refractivity contribution in [3.8, 4) is 0 Å². The molecule has 0 aliphatic carbocycles. The Morgan fingerprint density at radius 2 is 2.21 bits per heavy atom. The van der Waals surface area contributed by atoms with E-state index in [4.69, 9.17) is 4.74 Å². The van der Waals surface area contributed by atoms with E-state index in [0.717, 1.165) is 50.1 Å². The zero-order chi connectivity index (χ0) is 16.8. The second kappa shape index (κ2) is 8.15. The fourth-order valence-corrected chi connectivity index (χ4v) is 3.18. The molecule has 1 atom stereocenters. The van der Waals surface area contributed by atoms with Crippen LogP contribution in [0.5, 0.6) is 0 Å². The first kappa shape index (κ1) is 16.8. The fraction of sp³-hybridized carbons (Fsp3) is 0.556. The van der Waals surface area contributed by atoms with Gasteiger partial charge < -0.3 is 20.3 Å². The number of amides is 3. The van der Waals surface area contributed by atoms with E-state index in [0.29, 0.717) is 19.5 Å². The third-order valence-electron chi connectivity index (χ3n) is 4.49. The number of urea groups is 1. The van der Waals surface area contributed by atoms with E-state index in [-0.39, 0.29) is 18.0 Å². The number of rotatable bonds is 5. The minimum absolute atomic E-state index is 0.132. The summed E-state index contributed by atoms with van der Waals surface area (Å²) in [6, 6.07) is 7.44. The van der Waals surface area contributed by atoms with Crippen LogP contribution in [0, 0.1) is 0 Å². The molecule has 0 aromatic heterocycles. The molecule has 1 unspecified atom stereocenters. The van der Waals surface area contributed by atoms with Crippen LogP contribution in [0.25, 0.3) is 0 Å². The maximum Gasteiger partial charge on any atom is 0.319 e. The molecule has 24 heavy (non-hydrogen) atoms. The molecule has 2 saturated heterocycles. The largest absolute Gasteiger partial charge is 0.376 e. The third kappa shape index (κ3) is 4.71. The van der Waals surface area contributed by atoms with E-state index in [1.165, 1.54) is 0 Å². The van der Waals surface area contributed by atoms with Gasteiger partial charge in [-0.15, -0.1) is 0 Å². The van der Waals surface area contributed by atoms with Crippen LogP contribution in [0.4, 0.5) is 10.5 Å². The maximum atomic E-state index is 12.0. The van der Waals surface area contributed by atoms with Crippen molar-refractivity contribution in [1.82, 2.24) is 10.2 Å². The van der Waals surface area contributed by atoms with Crippen LogP contribution in [-0.2, 0) is 16.1 Å². The first-order valence-electron chi connectivity index (χ1n) is 8.74. The second-order valence-electron chi connectivity index (χ2n) is 6.44. The Morgan fingerprint density at radius 3 is 3.00 bits per heavy atom. The van der Waals surface area contributed by atoms with Crippen LogP contribution >= 0.6 is 0 Å². The second-order valence-corrected chi connectivity index (χ2v) is 6.44. The number of carbonyl (C=O) groups excluding carboxylic acids is 2. The SMILES string of the molecule is O=C(NCC1CCCO1)Nc1cccc(CN2CCCCC2=O)c1. The third-order valence-corrected chi connectivity index (χ3v) is 4.49. The molecule has 3 amide bonds. The molecular weight excluding hydrogens is 306 g/mol. The zero-order valence-electron chi connectivity index (χ0n) is 13.9. The first-order chi connectivity index (χ1) is 11.7. The lowest BCUT2D eigenvalue weighted by molar-refractivity contribution is -0.133. The minimum atomic E-state index is -0.225. The average molecular weight is 331 g/mol. The van der Waals surface area contributed by atoms with E-state index in [1.807, 2.05) is 29.2 Å². The van der Waals surface area contributed by atoms with Crippen LogP contribution in [0.15, 0.2) is 24.3 Å². The van der Waals surface area contributed by atoms with Crippen LogP contribution in [0.1, 0.15) is 37.7 Å². The Kier molecular flexibility index (Phi) is 5.69. The monoisotopic (exact) mass is 331 g/mol. The standard InChI is InChI=1S/C18H25N3O3/c22-17-8-1-2-9-21(17)13-14-5-3-6-15(11-14)20-18(23)19-12-16-7-4-10-24-16/h3,5-6,11,16H,1-2,4,7-10,12-13H2,(H2,19,20,23). The van der Waals surface area contributed by atoms with Gasteiger partial charge in [0, 0.05) is 38.3 Å². The first-order valence-corrected chi connectivity index (χ1v) is 8.74. The van der Waals surface area contributed by atoms with Crippen molar-refractivity contribution in [2.24, 2.45) is 0 Å². The Hall–Kier alpha value is -2.08. The lowest BCUT2D eigenvalue weighted by Gasteiger charge is -2.26. The van der Waals surface area contributed by atoms with Gasteiger partial charge in [0.05, 0.1) is 6.10 Å². The van der Waals surface area contributed by atoms with E-state index in [2.05, 4.69) is 10.6 Å². The molecule has 1 aromatic carbocycles. The highest BCUT2D eigenvalue weighted by molar-refractivity contribution is 5.89. The van der Waals surface area contributed by atoms with Crippen molar-refractivity contribution in [1.29, 1.82) is 0 Å². The fourth-order valence-electron chi connectivity index (χ4n) is 3.18. The molecule has 6 nitrogen and oxygen atoms in total. The quantitative estimate of drug-likeness (QED) is 0.871. The van der Waals surface area contributed by atoms with Crippen LogP contribution in [-0.4, -0.2) is 42.6 Å². The van der Waals surface area contributed by atoms with Gasteiger partial charge >= 0.3 is 6.03 Å². The zero-order valence-corrected chi connectivity index (χ0v) is 13.9. The topological polar surface area (TPSA) is 70.7 Å². The highest BCUT2D eigenvalue weighted by Gasteiger charge is 2.18. The highest BCUT2D eigenvalue weighted by atomic mass is 16.5. The van der Waals surface area contributed by atoms with Gasteiger partial charge in [-0.3, -0.25) is 4.79 Å². The van der Waals surface area contributed by atoms with Gasteiger partial charge in [-0.05, 0) is 43.4 Å². The molecule has 0 saturated carbocycles. The predicted octanol–water partition coefficient (Wildman–Crippen LogP) is 2.50. The lowest BCUT2D eigenvalue weighted by Crippen LogP contribution is -2.35. The minimum Gasteiger partial charge on any atom is -0.376 e. The van der Waals surface area contributed by atoms with Gasteiger partial charge in [-0.25, -0.2) is 4.79 Å². The smallest absolute Gasteiger partial charge is 0.319 e. The summed E-state index contributed by atoms with van der Waals surface area (Å²) in [5, 5.41) is 5.69. The molecule has 2 aliphatic rings. The molecule has 1 aromatic rings. The van der Waals surface area contributed by atoms with Crippen LogP contribution < -0.4 is 10.6 Å². The number of ether oxygens (including phenoxy) is 1. The Labute approximate surface area is 142 Å². The van der Waals surface area contributed by atoms with Crippen molar-refractivity contribution in [3.63, 3.8) is 0 Å². The number of nitrogens with one attached hydrogen (secondary N) is 2. The molecular formula is C18H25N3O3. The van der Waals surface area contributed by atoms with Crippen molar-refractivity contribution < 1.29 is 14.3 Å². The number of likely N-dealkylation sites (tertiary alicyclic amines) is 1. The number of benzene rings is 1. The molecule has 130 valence electrons. The van der Waals surface area contributed by atoms with Crippen molar-refractivity contribution in [3.05, 3.63) is 29.8 Å². The summed E-state index contributed by atoms with van der Waals surface area (Å²) >= 11 is 0. The summed E-state index contributed by atoms with van der Waals surface area (Å²) in [6.45, 7) is 2.74. The Morgan fingerprint density at radius 1 is 1.29 bits per heavy atom. The Balaban J connectivity index is 1.50. The molecule has 2 N–H and O–H groups in total. The predicted molar refractivity (Wildman–Crippen MR) is 91.7 cm³/mol. The summed E-state index contributed by atoms with van der Waals surface area (Å²) in [5.41, 5.74) is 1.77. The number of anilines is 1. The van der Waals surface area contributed by atoms with Gasteiger partial charge in [0.15, 0.2) is 0 Å². The van der Waals surface area contributed by atoms with Gasteiger partial charge in [0.25, 0.3) is 0 Å². The van der Waals surface area contributed by atoms with Crippen molar-refractivity contribution >= 4 is 17.6 Å². The van der Waals surface area contributed by atoms with Crippen molar-refractivity contribution in [2.75, 3.05) is 25.0 Å². The maximum absolute atomic E-state index is 12.0. The summed E-state index contributed by atoms with van der Waals surface area (Å²) < 4.78 is 5.49. The van der Waals surface area contributed by atoms with E-state index >= 15 is 0 Å². The van der Waals surface area contributed by atoms with Crippen LogP contribution in [0.3, 0.4) is 0 Å². The summed E-state index contributed by atoms with van der Waals surface area (Å²) in [7, 11) is 0. The van der Waals surface area contributed by atoms with Gasteiger partial charge in [0.1, 0.15) is 0 Å². The molecule has 0 spiro atoms. The number of hydrogen-bond donors (Lipinski definition) is 2. The van der Waals surface area contributed by atoms with Gasteiger partial charge in [-0.2, -0.15) is 0 Å².